The number of hydrogen-bond acceptors (Lipinski definition) is 1. The first kappa shape index (κ1) is 22.9. The topological polar surface area (TPSA) is 9.23 Å². The van der Waals surface area contributed by atoms with Crippen molar-refractivity contribution in [2.24, 2.45) is 0 Å². The summed E-state index contributed by atoms with van der Waals surface area (Å²) in [6.07, 6.45) is 0. The summed E-state index contributed by atoms with van der Waals surface area (Å²) in [5.41, 5.74) is 7.35. The third kappa shape index (κ3) is 4.59. The van der Waals surface area contributed by atoms with Crippen LogP contribution in [0, 0.1) is 13.8 Å². The van der Waals surface area contributed by atoms with Gasteiger partial charge in [-0.15, -0.1) is 0 Å². The Bertz CT molecular complexity index is 1140. The van der Waals surface area contributed by atoms with E-state index in [1.165, 1.54) is 22.3 Å². The van der Waals surface area contributed by atoms with Gasteiger partial charge in [-0.25, -0.2) is 0 Å². The van der Waals surface area contributed by atoms with E-state index >= 15 is 0 Å². The van der Waals surface area contributed by atoms with Crippen molar-refractivity contribution in [3.8, 4) is 11.5 Å². The molecule has 0 N–H and O–H groups in total. The molecule has 0 atom stereocenters. The molecule has 0 saturated heterocycles. The molecule has 0 aliphatic rings. The Kier molecular flexibility index (Phi) is 6.17. The van der Waals surface area contributed by atoms with Crippen LogP contribution in [-0.2, 0) is 10.8 Å². The Morgan fingerprint density at radius 3 is 1.15 bits per heavy atom. The van der Waals surface area contributed by atoms with Gasteiger partial charge in [-0.3, -0.25) is 0 Å². The fourth-order valence-corrected chi connectivity index (χ4v) is 4.47. The normalized spacial score (nSPS) is 11.9. The minimum Gasteiger partial charge on any atom is -0.457 e. The van der Waals surface area contributed by atoms with Crippen molar-refractivity contribution in [1.29, 1.82) is 0 Å². The lowest BCUT2D eigenvalue weighted by Crippen LogP contribution is -2.19. The average molecular weight is 435 g/mol. The van der Waals surface area contributed by atoms with E-state index in [0.717, 1.165) is 22.6 Å². The first-order valence-electron chi connectivity index (χ1n) is 11.7. The summed E-state index contributed by atoms with van der Waals surface area (Å²) >= 11 is 0. The highest BCUT2D eigenvalue weighted by molar-refractivity contribution is 5.48. The first-order chi connectivity index (χ1) is 15.7. The Hall–Kier alpha value is -3.32. The van der Waals surface area contributed by atoms with Crippen LogP contribution >= 0.6 is 0 Å². The molecular formula is C32H34O. The number of benzene rings is 4. The minimum absolute atomic E-state index is 0.0643. The molecule has 0 spiro atoms. The van der Waals surface area contributed by atoms with Crippen molar-refractivity contribution in [3.63, 3.8) is 0 Å². The van der Waals surface area contributed by atoms with Gasteiger partial charge < -0.3 is 4.74 Å². The molecule has 1 nitrogen and oxygen atoms in total. The second-order valence-corrected chi connectivity index (χ2v) is 10.0. The maximum Gasteiger partial charge on any atom is 0.130 e. The minimum atomic E-state index is -0.0643. The molecule has 168 valence electrons. The van der Waals surface area contributed by atoms with Crippen molar-refractivity contribution in [1.82, 2.24) is 0 Å². The SMILES string of the molecule is Cc1cc(C(C)(C)c2ccccc2)ccc1Oc1ccc(C(C)(C)c2ccccc2)cc1C. The van der Waals surface area contributed by atoms with Crippen LogP contribution in [0.1, 0.15) is 61.1 Å². The molecule has 0 radical (unpaired) electrons. The molecule has 0 aliphatic heterocycles. The molecule has 0 aromatic heterocycles. The number of hydrogen-bond donors (Lipinski definition) is 0. The van der Waals surface area contributed by atoms with Crippen LogP contribution in [-0.4, -0.2) is 0 Å². The molecule has 1 heteroatoms. The zero-order valence-corrected chi connectivity index (χ0v) is 20.6. The predicted molar refractivity (Wildman–Crippen MR) is 140 cm³/mol. The van der Waals surface area contributed by atoms with Crippen molar-refractivity contribution in [3.05, 3.63) is 130 Å². The van der Waals surface area contributed by atoms with Crippen LogP contribution in [0.15, 0.2) is 97.1 Å². The third-order valence-electron chi connectivity index (χ3n) is 7.00. The highest BCUT2D eigenvalue weighted by atomic mass is 16.5. The van der Waals surface area contributed by atoms with Gasteiger partial charge in [0.15, 0.2) is 0 Å². The molecular weight excluding hydrogens is 400 g/mol. The van der Waals surface area contributed by atoms with Gasteiger partial charge in [0.2, 0.25) is 0 Å². The van der Waals surface area contributed by atoms with Gasteiger partial charge in [0.05, 0.1) is 0 Å². The van der Waals surface area contributed by atoms with E-state index in [0.29, 0.717) is 0 Å². The van der Waals surface area contributed by atoms with Crippen LogP contribution in [0.5, 0.6) is 11.5 Å². The first-order valence-corrected chi connectivity index (χ1v) is 11.7. The molecule has 0 saturated carbocycles. The quantitative estimate of drug-likeness (QED) is 0.295. The lowest BCUT2D eigenvalue weighted by molar-refractivity contribution is 0.473. The third-order valence-corrected chi connectivity index (χ3v) is 7.00. The Morgan fingerprint density at radius 2 is 0.818 bits per heavy atom. The molecule has 0 amide bonds. The smallest absolute Gasteiger partial charge is 0.130 e. The molecule has 0 unspecified atom stereocenters. The highest BCUT2D eigenvalue weighted by Crippen LogP contribution is 2.37. The Morgan fingerprint density at radius 1 is 0.455 bits per heavy atom. The lowest BCUT2D eigenvalue weighted by Gasteiger charge is -2.27. The maximum absolute atomic E-state index is 6.39. The van der Waals surface area contributed by atoms with E-state index in [2.05, 4.69) is 139 Å². The van der Waals surface area contributed by atoms with Gasteiger partial charge in [0, 0.05) is 10.8 Å². The molecule has 0 fully saturated rings. The largest absolute Gasteiger partial charge is 0.457 e. The van der Waals surface area contributed by atoms with E-state index in [4.69, 9.17) is 4.74 Å². The van der Waals surface area contributed by atoms with E-state index in [1.54, 1.807) is 0 Å². The van der Waals surface area contributed by atoms with Crippen LogP contribution in [0.25, 0.3) is 0 Å². The van der Waals surface area contributed by atoms with E-state index < -0.39 is 0 Å². The zero-order valence-electron chi connectivity index (χ0n) is 20.6. The molecule has 0 bridgehead atoms. The Labute approximate surface area is 199 Å². The van der Waals surface area contributed by atoms with Crippen molar-refractivity contribution < 1.29 is 4.74 Å². The molecule has 4 aromatic carbocycles. The average Bonchev–Trinajstić information content (AvgIpc) is 2.82. The summed E-state index contributed by atoms with van der Waals surface area (Å²) in [4.78, 5) is 0. The number of ether oxygens (including phenoxy) is 1. The van der Waals surface area contributed by atoms with Crippen molar-refractivity contribution >= 4 is 0 Å². The van der Waals surface area contributed by atoms with Crippen LogP contribution in [0.4, 0.5) is 0 Å². The summed E-state index contributed by atoms with van der Waals surface area (Å²) in [5.74, 6) is 1.81. The molecule has 33 heavy (non-hydrogen) atoms. The van der Waals surface area contributed by atoms with Gasteiger partial charge in [-0.05, 0) is 59.4 Å². The number of aryl methyl sites for hydroxylation is 2. The van der Waals surface area contributed by atoms with E-state index in [9.17, 15) is 0 Å². The summed E-state index contributed by atoms with van der Waals surface area (Å²) in [6, 6.07) is 34.4. The van der Waals surface area contributed by atoms with Gasteiger partial charge in [-0.1, -0.05) is 113 Å². The summed E-state index contributed by atoms with van der Waals surface area (Å²) in [6.45, 7) is 13.3. The fourth-order valence-electron chi connectivity index (χ4n) is 4.47. The fraction of sp³-hybridized carbons (Fsp3) is 0.250. The predicted octanol–water partition coefficient (Wildman–Crippen LogP) is 8.75. The van der Waals surface area contributed by atoms with Crippen LogP contribution in [0.3, 0.4) is 0 Å². The lowest BCUT2D eigenvalue weighted by atomic mass is 9.77. The summed E-state index contributed by atoms with van der Waals surface area (Å²) < 4.78 is 6.39. The van der Waals surface area contributed by atoms with Gasteiger partial charge in [0.25, 0.3) is 0 Å². The van der Waals surface area contributed by atoms with Crippen molar-refractivity contribution in [2.75, 3.05) is 0 Å². The summed E-state index contributed by atoms with van der Waals surface area (Å²) in [5, 5.41) is 0. The molecule has 4 aromatic rings. The Balaban J connectivity index is 1.58. The number of rotatable bonds is 6. The van der Waals surface area contributed by atoms with Gasteiger partial charge >= 0.3 is 0 Å². The van der Waals surface area contributed by atoms with Crippen LogP contribution < -0.4 is 4.74 Å². The van der Waals surface area contributed by atoms with Crippen LogP contribution in [0.2, 0.25) is 0 Å². The molecule has 0 aliphatic carbocycles. The van der Waals surface area contributed by atoms with Crippen molar-refractivity contribution in [2.45, 2.75) is 52.4 Å². The molecule has 4 rings (SSSR count). The molecule has 0 heterocycles. The monoisotopic (exact) mass is 434 g/mol. The highest BCUT2D eigenvalue weighted by Gasteiger charge is 2.25. The van der Waals surface area contributed by atoms with Gasteiger partial charge in [0.1, 0.15) is 11.5 Å². The standard InChI is InChI=1S/C32H34O/c1-23-21-27(31(3,4)25-13-9-7-10-14-25)17-19-29(23)33-30-20-18-28(22-24(30)2)32(5,6)26-15-11-8-12-16-26/h7-22H,1-6H3. The zero-order chi connectivity index (χ0) is 23.6. The van der Waals surface area contributed by atoms with Gasteiger partial charge in [-0.2, -0.15) is 0 Å². The second kappa shape index (κ2) is 8.90. The second-order valence-electron chi connectivity index (χ2n) is 10.0. The van der Waals surface area contributed by atoms with E-state index in [-0.39, 0.29) is 10.8 Å². The maximum atomic E-state index is 6.39. The summed E-state index contributed by atoms with van der Waals surface area (Å²) in [7, 11) is 0. The van der Waals surface area contributed by atoms with E-state index in [1.807, 2.05) is 0 Å².